The van der Waals surface area contributed by atoms with Crippen LogP contribution in [0.2, 0.25) is 5.02 Å². The number of nitrogen functional groups attached to an aromatic ring is 1. The third kappa shape index (κ3) is 3.01. The second-order valence-corrected chi connectivity index (χ2v) is 8.45. The highest BCUT2D eigenvalue weighted by atomic mass is 35.5. The highest BCUT2D eigenvalue weighted by Gasteiger charge is 2.32. The van der Waals surface area contributed by atoms with E-state index in [1.165, 1.54) is 10.9 Å². The molecule has 0 bridgehead atoms. The molecule has 0 aliphatic carbocycles. The van der Waals surface area contributed by atoms with Crippen LogP contribution in [-0.2, 0) is 16.4 Å². The SMILES string of the molecule is CC(C)(Cn1nnnc1-c1c(N)cccc1Cl)S(C)(=O)=O. The average molecular weight is 330 g/mol. The number of aromatic nitrogens is 4. The second-order valence-electron chi connectivity index (χ2n) is 5.40. The number of anilines is 1. The molecular weight excluding hydrogens is 314 g/mol. The first-order valence-electron chi connectivity index (χ1n) is 6.13. The number of halogens is 1. The summed E-state index contributed by atoms with van der Waals surface area (Å²) >= 11 is 6.15. The second kappa shape index (κ2) is 5.27. The molecule has 9 heteroatoms. The molecule has 0 unspecified atom stereocenters. The first-order chi connectivity index (χ1) is 9.63. The molecule has 1 heterocycles. The van der Waals surface area contributed by atoms with E-state index in [0.29, 0.717) is 22.1 Å². The van der Waals surface area contributed by atoms with Gasteiger partial charge in [-0.2, -0.15) is 0 Å². The van der Waals surface area contributed by atoms with Crippen molar-refractivity contribution in [3.05, 3.63) is 23.2 Å². The van der Waals surface area contributed by atoms with Crippen molar-refractivity contribution in [2.24, 2.45) is 0 Å². The molecule has 21 heavy (non-hydrogen) atoms. The van der Waals surface area contributed by atoms with E-state index in [-0.39, 0.29) is 6.54 Å². The first-order valence-corrected chi connectivity index (χ1v) is 8.40. The fourth-order valence-corrected chi connectivity index (χ4v) is 2.37. The van der Waals surface area contributed by atoms with Gasteiger partial charge in [-0.25, -0.2) is 13.1 Å². The Morgan fingerprint density at radius 2 is 2.05 bits per heavy atom. The molecule has 0 amide bonds. The number of rotatable bonds is 4. The number of benzene rings is 1. The maximum atomic E-state index is 11.8. The average Bonchev–Trinajstić information content (AvgIpc) is 2.75. The summed E-state index contributed by atoms with van der Waals surface area (Å²) in [4.78, 5) is 0. The smallest absolute Gasteiger partial charge is 0.185 e. The van der Waals surface area contributed by atoms with Crippen LogP contribution in [-0.4, -0.2) is 39.6 Å². The number of tetrazole rings is 1. The fraction of sp³-hybridized carbons (Fsp3) is 0.417. The standard InChI is InChI=1S/C12H16ClN5O2S/c1-12(2,21(3,19)20)7-18-11(15-16-17-18)10-8(13)5-4-6-9(10)14/h4-6H,7,14H2,1-3H3. The summed E-state index contributed by atoms with van der Waals surface area (Å²) in [6.45, 7) is 3.33. The van der Waals surface area contributed by atoms with Crippen LogP contribution in [0.25, 0.3) is 11.4 Å². The lowest BCUT2D eigenvalue weighted by molar-refractivity contribution is 0.472. The maximum Gasteiger partial charge on any atom is 0.185 e. The molecule has 0 aliphatic heterocycles. The van der Waals surface area contributed by atoms with Gasteiger partial charge < -0.3 is 5.73 Å². The van der Waals surface area contributed by atoms with Gasteiger partial charge in [0, 0.05) is 11.9 Å². The number of nitrogens with two attached hydrogens (primary N) is 1. The lowest BCUT2D eigenvalue weighted by Crippen LogP contribution is -2.36. The number of hydrogen-bond acceptors (Lipinski definition) is 6. The Balaban J connectivity index is 2.50. The molecule has 2 aromatic rings. The molecule has 0 fully saturated rings. The van der Waals surface area contributed by atoms with Gasteiger partial charge in [0.25, 0.3) is 0 Å². The Bertz CT molecular complexity index is 749. The third-order valence-electron chi connectivity index (χ3n) is 3.34. The van der Waals surface area contributed by atoms with Gasteiger partial charge in [-0.3, -0.25) is 0 Å². The topological polar surface area (TPSA) is 104 Å². The van der Waals surface area contributed by atoms with Gasteiger partial charge in [-0.05, 0) is 36.4 Å². The Kier molecular flexibility index (Phi) is 3.94. The lowest BCUT2D eigenvalue weighted by atomic mass is 10.1. The van der Waals surface area contributed by atoms with Gasteiger partial charge in [0.1, 0.15) is 0 Å². The fourth-order valence-electron chi connectivity index (χ4n) is 1.74. The predicted molar refractivity (Wildman–Crippen MR) is 81.6 cm³/mol. The Hall–Kier alpha value is -1.67. The Morgan fingerprint density at radius 1 is 1.38 bits per heavy atom. The minimum atomic E-state index is -3.28. The molecule has 0 radical (unpaired) electrons. The molecule has 1 aromatic heterocycles. The zero-order chi connectivity index (χ0) is 15.8. The molecular formula is C12H16ClN5O2S. The normalized spacial score (nSPS) is 12.6. The minimum absolute atomic E-state index is 0.0961. The molecule has 2 N–H and O–H groups in total. The van der Waals surface area contributed by atoms with Crippen LogP contribution < -0.4 is 5.73 Å². The largest absolute Gasteiger partial charge is 0.398 e. The van der Waals surface area contributed by atoms with Gasteiger partial charge in [-0.1, -0.05) is 17.7 Å². The maximum absolute atomic E-state index is 11.8. The molecule has 0 saturated carbocycles. The first kappa shape index (κ1) is 15.7. The summed E-state index contributed by atoms with van der Waals surface area (Å²) in [6.07, 6.45) is 1.18. The van der Waals surface area contributed by atoms with E-state index in [4.69, 9.17) is 17.3 Å². The Labute approximate surface area is 128 Å². The van der Waals surface area contributed by atoms with Crippen LogP contribution in [0.3, 0.4) is 0 Å². The predicted octanol–water partition coefficient (Wildman–Crippen LogP) is 1.40. The number of nitrogens with zero attached hydrogens (tertiary/aromatic N) is 4. The van der Waals surface area contributed by atoms with Crippen LogP contribution in [0.5, 0.6) is 0 Å². The van der Waals surface area contributed by atoms with E-state index in [0.717, 1.165) is 0 Å². The molecule has 114 valence electrons. The van der Waals surface area contributed by atoms with Gasteiger partial charge in [0.15, 0.2) is 15.7 Å². The summed E-state index contributed by atoms with van der Waals surface area (Å²) in [5, 5.41) is 11.8. The molecule has 0 atom stereocenters. The summed E-state index contributed by atoms with van der Waals surface area (Å²) in [5.74, 6) is 0.342. The highest BCUT2D eigenvalue weighted by molar-refractivity contribution is 7.92. The number of hydrogen-bond donors (Lipinski definition) is 1. The van der Waals surface area contributed by atoms with Crippen LogP contribution >= 0.6 is 11.6 Å². The van der Waals surface area contributed by atoms with Crippen molar-refractivity contribution in [1.82, 2.24) is 20.2 Å². The molecule has 0 spiro atoms. The number of sulfone groups is 1. The molecule has 7 nitrogen and oxygen atoms in total. The van der Waals surface area contributed by atoms with Crippen molar-refractivity contribution < 1.29 is 8.42 Å². The monoisotopic (exact) mass is 329 g/mol. The minimum Gasteiger partial charge on any atom is -0.398 e. The van der Waals surface area contributed by atoms with Crippen LogP contribution in [0.15, 0.2) is 18.2 Å². The zero-order valence-corrected chi connectivity index (χ0v) is 13.5. The lowest BCUT2D eigenvalue weighted by Gasteiger charge is -2.22. The highest BCUT2D eigenvalue weighted by Crippen LogP contribution is 2.32. The van der Waals surface area contributed by atoms with E-state index in [1.54, 1.807) is 32.0 Å². The molecule has 0 aliphatic rings. The summed E-state index contributed by atoms with van der Waals surface area (Å²) in [5.41, 5.74) is 6.84. The van der Waals surface area contributed by atoms with Crippen molar-refractivity contribution in [2.75, 3.05) is 12.0 Å². The van der Waals surface area contributed by atoms with Gasteiger partial charge in [0.2, 0.25) is 0 Å². The van der Waals surface area contributed by atoms with Gasteiger partial charge in [0.05, 0.1) is 21.9 Å². The molecule has 2 rings (SSSR count). The Morgan fingerprint density at radius 3 is 2.62 bits per heavy atom. The molecule has 0 saturated heterocycles. The van der Waals surface area contributed by atoms with Crippen molar-refractivity contribution in [2.45, 2.75) is 25.1 Å². The van der Waals surface area contributed by atoms with Gasteiger partial charge >= 0.3 is 0 Å². The summed E-state index contributed by atoms with van der Waals surface area (Å²) < 4.78 is 24.0. The zero-order valence-electron chi connectivity index (χ0n) is 11.9. The quantitative estimate of drug-likeness (QED) is 0.850. The summed E-state index contributed by atoms with van der Waals surface area (Å²) in [7, 11) is -3.28. The van der Waals surface area contributed by atoms with E-state index >= 15 is 0 Å². The van der Waals surface area contributed by atoms with E-state index in [1.807, 2.05) is 0 Å². The van der Waals surface area contributed by atoms with E-state index in [2.05, 4.69) is 15.5 Å². The molecule has 1 aromatic carbocycles. The van der Waals surface area contributed by atoms with Crippen LogP contribution in [0.1, 0.15) is 13.8 Å². The summed E-state index contributed by atoms with van der Waals surface area (Å²) in [6, 6.07) is 5.08. The van der Waals surface area contributed by atoms with E-state index in [9.17, 15) is 8.42 Å². The van der Waals surface area contributed by atoms with E-state index < -0.39 is 14.6 Å². The van der Waals surface area contributed by atoms with Crippen molar-refractivity contribution >= 4 is 27.1 Å². The van der Waals surface area contributed by atoms with Crippen molar-refractivity contribution in [1.29, 1.82) is 0 Å². The van der Waals surface area contributed by atoms with Gasteiger partial charge in [-0.15, -0.1) is 5.10 Å². The van der Waals surface area contributed by atoms with Crippen molar-refractivity contribution in [3.8, 4) is 11.4 Å². The third-order valence-corrected chi connectivity index (χ3v) is 5.79. The van der Waals surface area contributed by atoms with Crippen molar-refractivity contribution in [3.63, 3.8) is 0 Å². The van der Waals surface area contributed by atoms with Crippen LogP contribution in [0, 0.1) is 0 Å². The van der Waals surface area contributed by atoms with Crippen LogP contribution in [0.4, 0.5) is 5.69 Å².